The second-order valence-corrected chi connectivity index (χ2v) is 4.94. The molecule has 0 unspecified atom stereocenters. The maximum Gasteiger partial charge on any atom is 0.169 e. The Labute approximate surface area is 122 Å². The molecule has 106 valence electrons. The van der Waals surface area contributed by atoms with Crippen molar-refractivity contribution < 1.29 is 0 Å². The molecule has 0 fully saturated rings. The predicted molar refractivity (Wildman–Crippen MR) is 83.2 cm³/mol. The summed E-state index contributed by atoms with van der Waals surface area (Å²) in [4.78, 5) is 8.27. The van der Waals surface area contributed by atoms with Gasteiger partial charge in [0.1, 0.15) is 12.0 Å². The number of nitrogens with two attached hydrogens (primary N) is 1. The monoisotopic (exact) mass is 292 g/mol. The summed E-state index contributed by atoms with van der Waals surface area (Å²) in [5.74, 6) is 1.09. The first-order chi connectivity index (χ1) is 9.49. The number of rotatable bonds is 4. The maximum atomic E-state index is 6.10. The van der Waals surface area contributed by atoms with Crippen molar-refractivity contribution in [2.75, 3.05) is 30.6 Å². The lowest BCUT2D eigenvalue weighted by atomic mass is 10.2. The number of nitrogens with one attached hydrogen (secondary N) is 2. The van der Waals surface area contributed by atoms with E-state index in [0.717, 1.165) is 11.3 Å². The van der Waals surface area contributed by atoms with Gasteiger partial charge in [0.05, 0.1) is 0 Å². The van der Waals surface area contributed by atoms with E-state index in [2.05, 4.69) is 20.7 Å². The Morgan fingerprint density at radius 3 is 2.60 bits per heavy atom. The molecule has 0 saturated carbocycles. The summed E-state index contributed by atoms with van der Waals surface area (Å²) in [5.41, 5.74) is 11.3. The Balaban J connectivity index is 2.32. The summed E-state index contributed by atoms with van der Waals surface area (Å²) in [7, 11) is 3.71. The highest BCUT2D eigenvalue weighted by molar-refractivity contribution is 6.31. The Bertz CT molecular complexity index is 614. The van der Waals surface area contributed by atoms with E-state index in [1.165, 1.54) is 6.33 Å². The molecule has 0 spiro atoms. The van der Waals surface area contributed by atoms with Gasteiger partial charge in [-0.25, -0.2) is 15.0 Å². The van der Waals surface area contributed by atoms with Gasteiger partial charge in [-0.3, -0.25) is 0 Å². The molecule has 6 nitrogen and oxygen atoms in total. The number of anilines is 4. The second kappa shape index (κ2) is 5.94. The molecule has 0 radical (unpaired) electrons. The Morgan fingerprint density at radius 2 is 1.90 bits per heavy atom. The number of halogens is 1. The van der Waals surface area contributed by atoms with Crippen molar-refractivity contribution in [1.82, 2.24) is 15.0 Å². The zero-order valence-corrected chi connectivity index (χ0v) is 12.4. The van der Waals surface area contributed by atoms with Crippen molar-refractivity contribution in [1.29, 1.82) is 0 Å². The normalized spacial score (nSPS) is 10.7. The standard InChI is InChI=1S/C13H17ClN6/c1-8-9(14)5-4-6-10(8)18-12-11(15)13(17-7-16-12)19-20(2)3/h4-7H,15H2,1-3H3,(H2,16,17,18,19). The van der Waals surface area contributed by atoms with E-state index in [-0.39, 0.29) is 0 Å². The van der Waals surface area contributed by atoms with Crippen LogP contribution in [0.4, 0.5) is 23.0 Å². The highest BCUT2D eigenvalue weighted by atomic mass is 35.5. The van der Waals surface area contributed by atoms with E-state index in [9.17, 15) is 0 Å². The number of hydrogen-bond donors (Lipinski definition) is 3. The molecule has 0 aliphatic rings. The molecule has 0 atom stereocenters. The third-order valence-electron chi connectivity index (χ3n) is 2.73. The van der Waals surface area contributed by atoms with Crippen LogP contribution in [0.2, 0.25) is 5.02 Å². The average Bonchev–Trinajstić information content (AvgIpc) is 2.39. The minimum atomic E-state index is 0.445. The largest absolute Gasteiger partial charge is 0.393 e. The Kier molecular flexibility index (Phi) is 4.26. The summed E-state index contributed by atoms with van der Waals surface area (Å²) in [6.45, 7) is 1.93. The number of nitrogen functional groups attached to an aromatic ring is 1. The summed E-state index contributed by atoms with van der Waals surface area (Å²) in [6, 6.07) is 5.63. The van der Waals surface area contributed by atoms with Gasteiger partial charge in [-0.15, -0.1) is 0 Å². The zero-order valence-electron chi connectivity index (χ0n) is 11.6. The highest BCUT2D eigenvalue weighted by Crippen LogP contribution is 2.29. The molecule has 2 aromatic rings. The second-order valence-electron chi connectivity index (χ2n) is 4.53. The molecule has 0 aliphatic heterocycles. The van der Waals surface area contributed by atoms with Crippen molar-refractivity contribution in [3.05, 3.63) is 35.1 Å². The molecule has 0 saturated heterocycles. The molecule has 4 N–H and O–H groups in total. The molecule has 7 heteroatoms. The van der Waals surface area contributed by atoms with Gasteiger partial charge in [-0.2, -0.15) is 0 Å². The third kappa shape index (κ3) is 3.09. The first-order valence-corrected chi connectivity index (χ1v) is 6.43. The quantitative estimate of drug-likeness (QED) is 0.752. The fraction of sp³-hybridized carbons (Fsp3) is 0.231. The van der Waals surface area contributed by atoms with Crippen LogP contribution in [0.5, 0.6) is 0 Å². The lowest BCUT2D eigenvalue weighted by Gasteiger charge is -2.17. The molecule has 0 amide bonds. The molecule has 20 heavy (non-hydrogen) atoms. The van der Waals surface area contributed by atoms with Crippen molar-refractivity contribution in [2.45, 2.75) is 6.92 Å². The van der Waals surface area contributed by atoms with E-state index in [0.29, 0.717) is 22.3 Å². The third-order valence-corrected chi connectivity index (χ3v) is 3.14. The Hall–Kier alpha value is -2.05. The fourth-order valence-electron chi connectivity index (χ4n) is 1.67. The van der Waals surface area contributed by atoms with Gasteiger partial charge < -0.3 is 16.5 Å². The summed E-state index contributed by atoms with van der Waals surface area (Å²) >= 11 is 6.10. The van der Waals surface area contributed by atoms with Crippen LogP contribution >= 0.6 is 11.6 Å². The van der Waals surface area contributed by atoms with Crippen LogP contribution in [-0.4, -0.2) is 29.1 Å². The number of aromatic nitrogens is 2. The minimum absolute atomic E-state index is 0.445. The summed E-state index contributed by atoms with van der Waals surface area (Å²) in [6.07, 6.45) is 1.45. The maximum absolute atomic E-state index is 6.10. The Morgan fingerprint density at radius 1 is 1.20 bits per heavy atom. The number of hydrogen-bond acceptors (Lipinski definition) is 6. The molecule has 1 heterocycles. The predicted octanol–water partition coefficient (Wildman–Crippen LogP) is 2.65. The smallest absolute Gasteiger partial charge is 0.169 e. The van der Waals surface area contributed by atoms with E-state index < -0.39 is 0 Å². The van der Waals surface area contributed by atoms with E-state index in [4.69, 9.17) is 17.3 Å². The number of benzene rings is 1. The van der Waals surface area contributed by atoms with Crippen molar-refractivity contribution in [2.24, 2.45) is 0 Å². The van der Waals surface area contributed by atoms with Crippen LogP contribution in [0, 0.1) is 6.92 Å². The van der Waals surface area contributed by atoms with Crippen molar-refractivity contribution in [3.8, 4) is 0 Å². The number of nitrogens with zero attached hydrogens (tertiary/aromatic N) is 3. The minimum Gasteiger partial charge on any atom is -0.393 e. The first-order valence-electron chi connectivity index (χ1n) is 6.05. The molecule has 2 rings (SSSR count). The summed E-state index contributed by atoms with van der Waals surface area (Å²) < 4.78 is 0. The van der Waals surface area contributed by atoms with Crippen LogP contribution in [0.15, 0.2) is 24.5 Å². The molecule has 0 aliphatic carbocycles. The van der Waals surface area contributed by atoms with E-state index in [1.807, 2.05) is 39.2 Å². The van der Waals surface area contributed by atoms with Crippen LogP contribution in [0.25, 0.3) is 0 Å². The zero-order chi connectivity index (χ0) is 14.7. The summed E-state index contributed by atoms with van der Waals surface area (Å²) in [5, 5.41) is 5.62. The van der Waals surface area contributed by atoms with Crippen LogP contribution in [0.1, 0.15) is 5.56 Å². The van der Waals surface area contributed by atoms with Gasteiger partial charge >= 0.3 is 0 Å². The van der Waals surface area contributed by atoms with E-state index in [1.54, 1.807) is 5.01 Å². The topological polar surface area (TPSA) is 79.1 Å². The lowest BCUT2D eigenvalue weighted by Crippen LogP contribution is -2.21. The molecule has 1 aromatic heterocycles. The van der Waals surface area contributed by atoms with Crippen LogP contribution < -0.4 is 16.5 Å². The van der Waals surface area contributed by atoms with Crippen LogP contribution in [-0.2, 0) is 0 Å². The molecule has 1 aromatic carbocycles. The SMILES string of the molecule is Cc1c(Cl)cccc1Nc1ncnc(NN(C)C)c1N. The molecule has 0 bridgehead atoms. The van der Waals surface area contributed by atoms with Gasteiger partial charge in [-0.1, -0.05) is 17.7 Å². The van der Waals surface area contributed by atoms with Gasteiger partial charge in [0.15, 0.2) is 11.6 Å². The van der Waals surface area contributed by atoms with Gasteiger partial charge in [0, 0.05) is 24.8 Å². The van der Waals surface area contributed by atoms with E-state index >= 15 is 0 Å². The number of hydrazine groups is 1. The van der Waals surface area contributed by atoms with Gasteiger partial charge in [0.2, 0.25) is 0 Å². The fourth-order valence-corrected chi connectivity index (χ4v) is 1.84. The lowest BCUT2D eigenvalue weighted by molar-refractivity contribution is 0.492. The van der Waals surface area contributed by atoms with Gasteiger partial charge in [-0.05, 0) is 24.6 Å². The first kappa shape index (κ1) is 14.4. The average molecular weight is 293 g/mol. The van der Waals surface area contributed by atoms with Crippen LogP contribution in [0.3, 0.4) is 0 Å². The highest BCUT2D eigenvalue weighted by Gasteiger charge is 2.10. The molecular formula is C13H17ClN6. The van der Waals surface area contributed by atoms with Gasteiger partial charge in [0.25, 0.3) is 0 Å². The van der Waals surface area contributed by atoms with Crippen molar-refractivity contribution >= 4 is 34.6 Å². The molecular weight excluding hydrogens is 276 g/mol. The van der Waals surface area contributed by atoms with Crippen molar-refractivity contribution in [3.63, 3.8) is 0 Å².